The number of unbranched alkanes of at least 4 members (excludes halogenated alkanes) is 10. The number of carbonyl (C=O) groups is 3. The highest BCUT2D eigenvalue weighted by atomic mass is 16.5. The molecule has 0 bridgehead atoms. The maximum atomic E-state index is 12.7. The van der Waals surface area contributed by atoms with Gasteiger partial charge in [-0.05, 0) is 31.4 Å². The van der Waals surface area contributed by atoms with Crippen LogP contribution >= 0.6 is 0 Å². The number of aliphatic hydroxyl groups excluding tert-OH is 2. The quantitative estimate of drug-likeness (QED) is 0.0652. The van der Waals surface area contributed by atoms with E-state index in [1.165, 1.54) is 57.8 Å². The summed E-state index contributed by atoms with van der Waals surface area (Å²) in [7, 11) is 0. The first kappa shape index (κ1) is 39.5. The van der Waals surface area contributed by atoms with Crippen LogP contribution in [0.2, 0.25) is 0 Å². The molecule has 0 aliphatic heterocycles. The highest BCUT2D eigenvalue weighted by Gasteiger charge is 2.84. The van der Waals surface area contributed by atoms with Crippen LogP contribution in [0.15, 0.2) is 23.3 Å². The van der Waals surface area contributed by atoms with Gasteiger partial charge in [-0.2, -0.15) is 0 Å². The molecule has 268 valence electrons. The molecule has 4 aliphatic carbocycles. The van der Waals surface area contributed by atoms with Gasteiger partial charge in [0.05, 0.1) is 24.9 Å². The number of hydrogen-bond acceptors (Lipinski definition) is 9. The van der Waals surface area contributed by atoms with Crippen LogP contribution in [0.5, 0.6) is 0 Å². The van der Waals surface area contributed by atoms with Crippen molar-refractivity contribution >= 4 is 17.5 Å². The molecule has 0 spiro atoms. The minimum Gasteiger partial charge on any atom is -0.466 e. The predicted octanol–water partition coefficient (Wildman–Crippen LogP) is 5.14. The highest BCUT2D eigenvalue weighted by Crippen LogP contribution is 2.74. The fourth-order valence-corrected chi connectivity index (χ4v) is 8.89. The molecule has 2 saturated carbocycles. The van der Waals surface area contributed by atoms with Gasteiger partial charge in [0.25, 0.3) is 0 Å². The van der Waals surface area contributed by atoms with Gasteiger partial charge in [0, 0.05) is 41.9 Å². The number of carbonyl (C=O) groups excluding carboxylic acids is 3. The Bertz CT molecular complexity index is 1170. The molecule has 0 saturated heterocycles. The first-order valence-electron chi connectivity index (χ1n) is 18.1. The third-order valence-electron chi connectivity index (χ3n) is 11.7. The topological polar surface area (TPSA) is 162 Å². The first-order valence-corrected chi connectivity index (χ1v) is 18.1. The van der Waals surface area contributed by atoms with Gasteiger partial charge in [0.15, 0.2) is 5.78 Å². The molecule has 0 aromatic rings. The van der Waals surface area contributed by atoms with Gasteiger partial charge in [-0.1, -0.05) is 104 Å². The van der Waals surface area contributed by atoms with Crippen LogP contribution in [0.4, 0.5) is 0 Å². The van der Waals surface area contributed by atoms with Crippen LogP contribution in [0, 0.1) is 29.1 Å². The first-order chi connectivity index (χ1) is 22.1. The Morgan fingerprint density at radius 1 is 0.915 bits per heavy atom. The summed E-state index contributed by atoms with van der Waals surface area (Å²) in [4.78, 5) is 35.3. The molecule has 8 atom stereocenters. The van der Waals surface area contributed by atoms with E-state index in [-0.39, 0.29) is 31.2 Å². The Kier molecular flexibility index (Phi) is 13.6. The van der Waals surface area contributed by atoms with E-state index in [4.69, 9.17) is 4.74 Å². The zero-order valence-electron chi connectivity index (χ0n) is 29.7. The van der Waals surface area contributed by atoms with Crippen LogP contribution in [0.1, 0.15) is 131 Å². The lowest BCUT2D eigenvalue weighted by Gasteiger charge is -2.51. The third-order valence-corrected chi connectivity index (χ3v) is 11.7. The number of ether oxygens (including phenoxy) is 1. The summed E-state index contributed by atoms with van der Waals surface area (Å²) in [6, 6.07) is 0. The van der Waals surface area contributed by atoms with Crippen molar-refractivity contribution in [2.24, 2.45) is 29.1 Å². The molecular formula is C38H62O9. The van der Waals surface area contributed by atoms with E-state index in [9.17, 15) is 39.9 Å². The molecule has 9 nitrogen and oxygen atoms in total. The van der Waals surface area contributed by atoms with Gasteiger partial charge in [-0.25, -0.2) is 0 Å². The molecule has 2 fully saturated rings. The van der Waals surface area contributed by atoms with Gasteiger partial charge < -0.3 is 30.3 Å². The van der Waals surface area contributed by atoms with Crippen LogP contribution in [0.3, 0.4) is 0 Å². The number of rotatable bonds is 16. The molecule has 0 amide bonds. The summed E-state index contributed by atoms with van der Waals surface area (Å²) in [6.07, 6.45) is 16.6. The number of hydrogen-bond donors (Lipinski definition) is 5. The molecule has 9 heteroatoms. The molecular weight excluding hydrogens is 600 g/mol. The van der Waals surface area contributed by atoms with E-state index in [1.807, 2.05) is 13.8 Å². The SMILES string of the molecule is CC1=C[C@H]2[C@]3(O)[C@H](C)[C@@H](O)[C@@]4(O)[C@H]([C@@H]3C=C(CO)C[C@@]2(O)C1=O)C4(C)C.CCCCCCCCCCCCCC(=O)CC(=O)OCC. The zero-order chi connectivity index (χ0) is 35.2. The summed E-state index contributed by atoms with van der Waals surface area (Å²) in [5.74, 6) is -3.50. The average molecular weight is 663 g/mol. The second kappa shape index (κ2) is 16.2. The van der Waals surface area contributed by atoms with Gasteiger partial charge in [0.2, 0.25) is 0 Å². The van der Waals surface area contributed by atoms with Crippen molar-refractivity contribution in [2.45, 2.75) is 154 Å². The van der Waals surface area contributed by atoms with E-state index in [1.54, 1.807) is 32.9 Å². The smallest absolute Gasteiger partial charge is 0.313 e. The molecule has 47 heavy (non-hydrogen) atoms. The number of esters is 1. The lowest BCUT2D eigenvalue weighted by atomic mass is 9.59. The van der Waals surface area contributed by atoms with Crippen molar-refractivity contribution in [1.29, 1.82) is 0 Å². The number of Topliss-reactive ketones (excluding diaryl/α,β-unsaturated/α-hetero) is 2. The molecule has 0 aromatic heterocycles. The lowest BCUT2D eigenvalue weighted by molar-refractivity contribution is -0.209. The minimum atomic E-state index is -1.84. The van der Waals surface area contributed by atoms with Crippen molar-refractivity contribution < 1.29 is 44.7 Å². The van der Waals surface area contributed by atoms with Gasteiger partial charge in [0.1, 0.15) is 23.4 Å². The van der Waals surface area contributed by atoms with Crippen molar-refractivity contribution in [2.75, 3.05) is 13.2 Å². The molecule has 0 unspecified atom stereocenters. The van der Waals surface area contributed by atoms with Crippen LogP contribution in [-0.2, 0) is 19.1 Å². The second-order valence-corrected chi connectivity index (χ2v) is 15.2. The molecule has 4 aliphatic rings. The monoisotopic (exact) mass is 662 g/mol. The summed E-state index contributed by atoms with van der Waals surface area (Å²) in [5.41, 5.74) is -4.57. The maximum absolute atomic E-state index is 12.7. The van der Waals surface area contributed by atoms with Crippen molar-refractivity contribution in [3.63, 3.8) is 0 Å². The molecule has 0 heterocycles. The molecule has 5 N–H and O–H groups in total. The van der Waals surface area contributed by atoms with Gasteiger partial charge >= 0.3 is 5.97 Å². The minimum absolute atomic E-state index is 0.0179. The van der Waals surface area contributed by atoms with Crippen molar-refractivity contribution in [3.8, 4) is 0 Å². The summed E-state index contributed by atoms with van der Waals surface area (Å²) >= 11 is 0. The Hall–Kier alpha value is -1.91. The van der Waals surface area contributed by atoms with Crippen molar-refractivity contribution in [1.82, 2.24) is 0 Å². The second-order valence-electron chi connectivity index (χ2n) is 15.2. The summed E-state index contributed by atoms with van der Waals surface area (Å²) in [6.45, 7) is 11.0. The third kappa shape index (κ3) is 7.80. The molecule has 0 radical (unpaired) electrons. The fourth-order valence-electron chi connectivity index (χ4n) is 8.89. The van der Waals surface area contributed by atoms with E-state index in [0.29, 0.717) is 24.2 Å². The van der Waals surface area contributed by atoms with Gasteiger partial charge in [-0.3, -0.25) is 14.4 Å². The number of fused-ring (bicyclic) bond motifs is 5. The average Bonchev–Trinajstić information content (AvgIpc) is 3.42. The van der Waals surface area contributed by atoms with E-state index >= 15 is 0 Å². The Balaban J connectivity index is 0.000000263. The highest BCUT2D eigenvalue weighted by molar-refractivity contribution is 6.04. The normalized spacial score (nSPS) is 34.9. The fraction of sp³-hybridized carbons (Fsp3) is 0.816. The van der Waals surface area contributed by atoms with Gasteiger partial charge in [-0.15, -0.1) is 0 Å². The largest absolute Gasteiger partial charge is 0.466 e. The maximum Gasteiger partial charge on any atom is 0.313 e. The zero-order valence-corrected chi connectivity index (χ0v) is 29.7. The summed E-state index contributed by atoms with van der Waals surface area (Å²) in [5, 5.41) is 54.9. The Morgan fingerprint density at radius 3 is 2.00 bits per heavy atom. The standard InChI is InChI=1S/C20H28O6.C18H34O3/c1-9-5-13-18(24,15(9)22)7-11(8-21)6-12-14-17(3,4)20(14,26)16(23)10(2)19(12,13)25;1-3-5-6-7-8-9-10-11-12-13-14-15-17(19)16-18(20)21-4-2/h5-6,10,12-14,16,21,23-26H,7-8H2,1-4H3;3-16H2,1-2H3/t10-,12+,13-,14-,16-,18+,19+,20+;/m1./s1. The Morgan fingerprint density at radius 2 is 1.47 bits per heavy atom. The Labute approximate surface area is 281 Å². The van der Waals surface area contributed by atoms with E-state index < -0.39 is 57.8 Å². The van der Waals surface area contributed by atoms with Crippen LogP contribution < -0.4 is 0 Å². The van der Waals surface area contributed by atoms with Crippen molar-refractivity contribution in [3.05, 3.63) is 23.3 Å². The molecule has 0 aromatic carbocycles. The van der Waals surface area contributed by atoms with Crippen LogP contribution in [-0.4, -0.2) is 79.2 Å². The predicted molar refractivity (Wildman–Crippen MR) is 180 cm³/mol. The lowest BCUT2D eigenvalue weighted by Crippen LogP contribution is -2.65. The number of aliphatic hydroxyl groups is 5. The van der Waals surface area contributed by atoms with E-state index in [0.717, 1.165) is 12.8 Å². The molecule has 4 rings (SSSR count). The summed E-state index contributed by atoms with van der Waals surface area (Å²) < 4.78 is 4.76. The van der Waals surface area contributed by atoms with E-state index in [2.05, 4.69) is 6.92 Å². The number of ketones is 2. The van der Waals surface area contributed by atoms with Crippen LogP contribution in [0.25, 0.3) is 0 Å².